The van der Waals surface area contributed by atoms with Crippen molar-refractivity contribution < 1.29 is 14.0 Å². The second-order valence-corrected chi connectivity index (χ2v) is 11.6. The van der Waals surface area contributed by atoms with Crippen LogP contribution < -0.4 is 9.80 Å². The van der Waals surface area contributed by atoms with Crippen LogP contribution in [0.1, 0.15) is 16.9 Å². The maximum Gasteiger partial charge on any atom is 0.270 e. The quantitative estimate of drug-likeness (QED) is 0.110. The fourth-order valence-electron chi connectivity index (χ4n) is 4.30. The van der Waals surface area contributed by atoms with E-state index in [1.54, 1.807) is 53.2 Å². The minimum Gasteiger partial charge on any atom is -0.450 e. The molecule has 5 aromatic rings. The molecule has 0 radical (unpaired) electrons. The first-order valence-electron chi connectivity index (χ1n) is 12.8. The Morgan fingerprint density at radius 1 is 0.814 bits per heavy atom. The number of nitrogens with zero attached hydrogens (tertiary/aromatic N) is 6. The molecule has 0 N–H and O–H groups in total. The number of carbonyl (C=O) groups excluding carboxylic acids is 2. The van der Waals surface area contributed by atoms with Crippen LogP contribution >= 0.6 is 47.2 Å². The van der Waals surface area contributed by atoms with Crippen LogP contribution in [0.15, 0.2) is 99.1 Å². The van der Waals surface area contributed by atoms with E-state index in [0.717, 1.165) is 16.8 Å². The highest BCUT2D eigenvalue weighted by Crippen LogP contribution is 2.34. The summed E-state index contributed by atoms with van der Waals surface area (Å²) in [6, 6.07) is 23.0. The van der Waals surface area contributed by atoms with E-state index in [1.807, 2.05) is 44.2 Å². The van der Waals surface area contributed by atoms with Gasteiger partial charge in [0.25, 0.3) is 11.8 Å². The van der Waals surface area contributed by atoms with E-state index < -0.39 is 11.8 Å². The van der Waals surface area contributed by atoms with Gasteiger partial charge < -0.3 is 4.42 Å². The van der Waals surface area contributed by atoms with Crippen LogP contribution in [-0.2, 0) is 9.59 Å². The number of thiocarbonyl (C=S) groups is 1. The van der Waals surface area contributed by atoms with Crippen molar-refractivity contribution in [1.82, 2.24) is 20.2 Å². The highest BCUT2D eigenvalue weighted by molar-refractivity contribution is 7.99. The molecule has 9 nitrogen and oxygen atoms in total. The molecule has 6 rings (SSSR count). The van der Waals surface area contributed by atoms with Crippen LogP contribution in [0.2, 0.25) is 10.0 Å². The number of furan rings is 1. The number of tetrazole rings is 1. The van der Waals surface area contributed by atoms with Crippen molar-refractivity contribution in [3.8, 4) is 5.69 Å². The Morgan fingerprint density at radius 3 is 2.00 bits per heavy atom. The molecule has 0 bridgehead atoms. The number of aromatic nitrogens is 4. The molecule has 1 aliphatic rings. The molecule has 3 aromatic carbocycles. The molecule has 1 aliphatic heterocycles. The van der Waals surface area contributed by atoms with Crippen LogP contribution in [0.3, 0.4) is 0 Å². The SMILES string of the molecule is Cc1ccc(N2C(=O)C(=Cc3ccc(Sc4nnnn4-c4ccccc4)o3)C(=O)N(c3ccc(C)c(Cl)c3)C2=S)cc1Cl. The van der Waals surface area contributed by atoms with Crippen LogP contribution in [0, 0.1) is 13.8 Å². The van der Waals surface area contributed by atoms with Gasteiger partial charge in [-0.15, -0.1) is 5.10 Å². The third-order valence-corrected chi connectivity index (χ3v) is 8.64. The number of carbonyl (C=O) groups is 2. The Bertz CT molecular complexity index is 1860. The lowest BCUT2D eigenvalue weighted by molar-refractivity contribution is -0.120. The third-order valence-electron chi connectivity index (χ3n) is 6.60. The molecule has 0 unspecified atom stereocenters. The van der Waals surface area contributed by atoms with Crippen LogP contribution in [-0.4, -0.2) is 37.1 Å². The van der Waals surface area contributed by atoms with E-state index in [4.69, 9.17) is 39.8 Å². The van der Waals surface area contributed by atoms with Gasteiger partial charge in [-0.25, -0.2) is 0 Å². The summed E-state index contributed by atoms with van der Waals surface area (Å²) in [5.74, 6) is -0.972. The predicted octanol–water partition coefficient (Wildman–Crippen LogP) is 7.08. The molecule has 0 spiro atoms. The van der Waals surface area contributed by atoms with Gasteiger partial charge in [0.1, 0.15) is 11.3 Å². The Balaban J connectivity index is 1.38. The van der Waals surface area contributed by atoms with Gasteiger partial charge in [-0.2, -0.15) is 4.68 Å². The lowest BCUT2D eigenvalue weighted by Crippen LogP contribution is -2.57. The molecule has 0 aliphatic carbocycles. The lowest BCUT2D eigenvalue weighted by Gasteiger charge is -2.36. The molecule has 1 saturated heterocycles. The fraction of sp³-hybridized carbons (Fsp3) is 0.0667. The molecule has 43 heavy (non-hydrogen) atoms. The normalized spacial score (nSPS) is 13.7. The Kier molecular flexibility index (Phi) is 7.89. The zero-order chi connectivity index (χ0) is 30.2. The summed E-state index contributed by atoms with van der Waals surface area (Å²) in [5, 5.41) is 13.7. The highest BCUT2D eigenvalue weighted by Gasteiger charge is 2.41. The number of halogens is 2. The number of hydrogen-bond acceptors (Lipinski definition) is 8. The second-order valence-electron chi connectivity index (χ2n) is 9.46. The maximum atomic E-state index is 13.9. The highest BCUT2D eigenvalue weighted by atomic mass is 35.5. The van der Waals surface area contributed by atoms with E-state index in [9.17, 15) is 9.59 Å². The summed E-state index contributed by atoms with van der Waals surface area (Å²) in [5.41, 5.74) is 3.10. The fourth-order valence-corrected chi connectivity index (χ4v) is 5.79. The van der Waals surface area contributed by atoms with Crippen molar-refractivity contribution in [2.24, 2.45) is 0 Å². The topological polar surface area (TPSA) is 97.4 Å². The summed E-state index contributed by atoms with van der Waals surface area (Å²) in [4.78, 5) is 30.3. The molecule has 13 heteroatoms. The van der Waals surface area contributed by atoms with Crippen molar-refractivity contribution in [3.63, 3.8) is 0 Å². The van der Waals surface area contributed by atoms with E-state index >= 15 is 0 Å². The molecule has 0 atom stereocenters. The minimum atomic E-state index is -0.622. The number of amides is 2. The molecule has 1 fully saturated rings. The zero-order valence-electron chi connectivity index (χ0n) is 22.6. The molecule has 2 amide bonds. The Morgan fingerprint density at radius 2 is 1.42 bits per heavy atom. The predicted molar refractivity (Wildman–Crippen MR) is 170 cm³/mol. The van der Waals surface area contributed by atoms with Gasteiger partial charge in [0.05, 0.1) is 17.1 Å². The monoisotopic (exact) mass is 646 g/mol. The van der Waals surface area contributed by atoms with Gasteiger partial charge in [-0.1, -0.05) is 53.5 Å². The molecular weight excluding hydrogens is 627 g/mol. The number of anilines is 2. The first-order chi connectivity index (χ1) is 20.7. The lowest BCUT2D eigenvalue weighted by atomic mass is 10.1. The molecular formula is C30H20Cl2N6O3S2. The van der Waals surface area contributed by atoms with Crippen LogP contribution in [0.25, 0.3) is 11.8 Å². The first kappa shape index (κ1) is 28.8. The van der Waals surface area contributed by atoms with Crippen LogP contribution in [0.5, 0.6) is 0 Å². The van der Waals surface area contributed by atoms with Gasteiger partial charge in [0.15, 0.2) is 10.2 Å². The van der Waals surface area contributed by atoms with E-state index in [1.165, 1.54) is 27.6 Å². The van der Waals surface area contributed by atoms with E-state index in [0.29, 0.717) is 31.7 Å². The van der Waals surface area contributed by atoms with Gasteiger partial charge in [0.2, 0.25) is 5.16 Å². The first-order valence-corrected chi connectivity index (χ1v) is 14.8. The van der Waals surface area contributed by atoms with Gasteiger partial charge in [0, 0.05) is 10.0 Å². The van der Waals surface area contributed by atoms with Crippen molar-refractivity contribution in [3.05, 3.63) is 111 Å². The van der Waals surface area contributed by atoms with E-state index in [-0.39, 0.29) is 16.4 Å². The second kappa shape index (κ2) is 11.8. The Hall–Kier alpha value is -4.29. The average molecular weight is 648 g/mol. The van der Waals surface area contributed by atoms with Crippen molar-refractivity contribution in [2.75, 3.05) is 9.80 Å². The largest absolute Gasteiger partial charge is 0.450 e. The summed E-state index contributed by atoms with van der Waals surface area (Å²) >= 11 is 19.7. The third kappa shape index (κ3) is 5.59. The summed E-state index contributed by atoms with van der Waals surface area (Å²) in [6.07, 6.45) is 1.39. The number of rotatable bonds is 6. The number of benzene rings is 3. The standard InChI is InChI=1S/C30H20Cl2N6O3S2/c1-17-8-10-20(14-24(17)31)36-27(39)23(28(40)37(30(36)42)21-11-9-18(2)25(32)15-21)16-22-12-13-26(41-22)43-29-33-34-35-38(29)19-6-4-3-5-7-19/h3-16H,1-2H3. The molecule has 3 heterocycles. The van der Waals surface area contributed by atoms with Gasteiger partial charge in [-0.05, 0) is 114 Å². The number of aryl methyl sites for hydroxylation is 2. The number of hydrogen-bond donors (Lipinski definition) is 0. The Labute approximate surface area is 265 Å². The summed E-state index contributed by atoms with van der Waals surface area (Å²) < 4.78 is 7.57. The number of para-hydroxylation sites is 1. The molecule has 0 saturated carbocycles. The van der Waals surface area contributed by atoms with Crippen molar-refractivity contribution in [1.29, 1.82) is 0 Å². The zero-order valence-corrected chi connectivity index (χ0v) is 25.7. The summed E-state index contributed by atoms with van der Waals surface area (Å²) in [6.45, 7) is 3.70. The molecule has 214 valence electrons. The van der Waals surface area contributed by atoms with Crippen molar-refractivity contribution in [2.45, 2.75) is 24.1 Å². The summed E-state index contributed by atoms with van der Waals surface area (Å²) in [7, 11) is 0. The smallest absolute Gasteiger partial charge is 0.270 e. The van der Waals surface area contributed by atoms with E-state index in [2.05, 4.69) is 15.5 Å². The van der Waals surface area contributed by atoms with Gasteiger partial charge in [-0.3, -0.25) is 19.4 Å². The average Bonchev–Trinajstić information content (AvgIpc) is 3.65. The molecule has 2 aromatic heterocycles. The minimum absolute atomic E-state index is 0.0320. The van der Waals surface area contributed by atoms with Crippen LogP contribution in [0.4, 0.5) is 11.4 Å². The maximum absolute atomic E-state index is 13.9. The van der Waals surface area contributed by atoms with Gasteiger partial charge >= 0.3 is 0 Å². The van der Waals surface area contributed by atoms with Crippen molar-refractivity contribution >= 4 is 81.6 Å².